The lowest BCUT2D eigenvalue weighted by Crippen LogP contribution is -2.27. The smallest absolute Gasteiger partial charge is 0.341 e. The van der Waals surface area contributed by atoms with E-state index < -0.39 is 12.6 Å². The number of aryl methyl sites for hydroxylation is 2. The Labute approximate surface area is 145 Å². The fourth-order valence-electron chi connectivity index (χ4n) is 2.55. The molecule has 0 saturated heterocycles. The summed E-state index contributed by atoms with van der Waals surface area (Å²) in [7, 11) is 0. The van der Waals surface area contributed by atoms with Crippen molar-refractivity contribution in [3.8, 4) is 5.75 Å². The molecule has 0 aliphatic rings. The standard InChI is InChI=1S/C18H21NO4S/c1-4-14(15-6-5-7-24-15)19-18(22)13-8-11(2)17(12(3)9-13)23-10-16(20)21/h5-9,14H,4,10H2,1-3H3,(H,19,22)(H,20,21). The Hall–Kier alpha value is -2.34. The van der Waals surface area contributed by atoms with Crippen LogP contribution in [-0.4, -0.2) is 23.6 Å². The third kappa shape index (κ3) is 4.35. The minimum atomic E-state index is -1.03. The van der Waals surface area contributed by atoms with E-state index in [0.29, 0.717) is 11.3 Å². The van der Waals surface area contributed by atoms with Gasteiger partial charge in [0.2, 0.25) is 0 Å². The molecule has 5 nitrogen and oxygen atoms in total. The second kappa shape index (κ2) is 7.97. The summed E-state index contributed by atoms with van der Waals surface area (Å²) < 4.78 is 5.30. The number of nitrogens with one attached hydrogen (secondary N) is 1. The Balaban J connectivity index is 2.16. The maximum atomic E-state index is 12.5. The van der Waals surface area contributed by atoms with Gasteiger partial charge >= 0.3 is 5.97 Å². The normalized spacial score (nSPS) is 11.8. The van der Waals surface area contributed by atoms with Crippen LogP contribution in [0.15, 0.2) is 29.6 Å². The number of thiophene rings is 1. The molecule has 2 N–H and O–H groups in total. The number of hydrogen-bond donors (Lipinski definition) is 2. The summed E-state index contributed by atoms with van der Waals surface area (Å²) in [4.78, 5) is 24.3. The molecule has 128 valence electrons. The van der Waals surface area contributed by atoms with Gasteiger partial charge in [-0.2, -0.15) is 0 Å². The summed E-state index contributed by atoms with van der Waals surface area (Å²) in [6.45, 7) is 5.24. The topological polar surface area (TPSA) is 75.6 Å². The van der Waals surface area contributed by atoms with E-state index in [1.165, 1.54) is 0 Å². The average molecular weight is 347 g/mol. The Kier molecular flexibility index (Phi) is 5.98. The van der Waals surface area contributed by atoms with Crippen molar-refractivity contribution in [2.45, 2.75) is 33.2 Å². The van der Waals surface area contributed by atoms with Crippen LogP contribution in [0.25, 0.3) is 0 Å². The van der Waals surface area contributed by atoms with E-state index in [-0.39, 0.29) is 11.9 Å². The van der Waals surface area contributed by atoms with Gasteiger partial charge in [0.1, 0.15) is 5.75 Å². The van der Waals surface area contributed by atoms with E-state index in [1.807, 2.05) is 24.4 Å². The maximum absolute atomic E-state index is 12.5. The predicted octanol–water partition coefficient (Wildman–Crippen LogP) is 3.71. The molecule has 0 aliphatic carbocycles. The zero-order chi connectivity index (χ0) is 17.7. The molecule has 1 amide bonds. The van der Waals surface area contributed by atoms with E-state index in [9.17, 15) is 9.59 Å². The van der Waals surface area contributed by atoms with Crippen LogP contribution in [0.3, 0.4) is 0 Å². The van der Waals surface area contributed by atoms with Crippen LogP contribution in [-0.2, 0) is 4.79 Å². The van der Waals surface area contributed by atoms with Crippen molar-refractivity contribution < 1.29 is 19.4 Å². The molecular weight excluding hydrogens is 326 g/mol. The van der Waals surface area contributed by atoms with Crippen molar-refractivity contribution in [3.63, 3.8) is 0 Å². The number of carbonyl (C=O) groups is 2. The lowest BCUT2D eigenvalue weighted by molar-refractivity contribution is -0.139. The molecule has 1 aromatic carbocycles. The zero-order valence-electron chi connectivity index (χ0n) is 14.0. The Morgan fingerprint density at radius 1 is 1.29 bits per heavy atom. The van der Waals surface area contributed by atoms with Crippen molar-refractivity contribution in [3.05, 3.63) is 51.2 Å². The van der Waals surface area contributed by atoms with Crippen LogP contribution < -0.4 is 10.1 Å². The number of rotatable bonds is 7. The molecule has 1 heterocycles. The lowest BCUT2D eigenvalue weighted by atomic mass is 10.0. The molecule has 6 heteroatoms. The summed E-state index contributed by atoms with van der Waals surface area (Å²) in [5.41, 5.74) is 2.03. The Bertz CT molecular complexity index is 702. The SMILES string of the molecule is CCC(NC(=O)c1cc(C)c(OCC(=O)O)c(C)c1)c1cccs1. The maximum Gasteiger partial charge on any atom is 0.341 e. The van der Waals surface area contributed by atoms with Gasteiger partial charge in [-0.15, -0.1) is 11.3 Å². The number of aliphatic carboxylic acids is 1. The van der Waals surface area contributed by atoms with Crippen LogP contribution in [0.2, 0.25) is 0 Å². The van der Waals surface area contributed by atoms with E-state index in [1.54, 1.807) is 37.3 Å². The fraction of sp³-hybridized carbons (Fsp3) is 0.333. The number of hydrogen-bond acceptors (Lipinski definition) is 4. The van der Waals surface area contributed by atoms with E-state index in [4.69, 9.17) is 9.84 Å². The first kappa shape index (κ1) is 18.0. The van der Waals surface area contributed by atoms with Gasteiger partial charge in [0, 0.05) is 10.4 Å². The summed E-state index contributed by atoms with van der Waals surface area (Å²) >= 11 is 1.62. The average Bonchev–Trinajstić information content (AvgIpc) is 3.05. The highest BCUT2D eigenvalue weighted by Crippen LogP contribution is 2.26. The van der Waals surface area contributed by atoms with Gasteiger partial charge in [0.25, 0.3) is 5.91 Å². The van der Waals surface area contributed by atoms with Crippen molar-refractivity contribution in [1.29, 1.82) is 0 Å². The predicted molar refractivity (Wildman–Crippen MR) is 93.9 cm³/mol. The van der Waals surface area contributed by atoms with Crippen molar-refractivity contribution in [1.82, 2.24) is 5.32 Å². The van der Waals surface area contributed by atoms with Crippen molar-refractivity contribution in [2.24, 2.45) is 0 Å². The highest BCUT2D eigenvalue weighted by molar-refractivity contribution is 7.10. The summed E-state index contributed by atoms with van der Waals surface area (Å²) in [6.07, 6.45) is 0.810. The number of carboxylic acid groups (broad SMARTS) is 1. The number of benzene rings is 1. The molecule has 1 atom stereocenters. The first-order valence-electron chi connectivity index (χ1n) is 7.72. The molecule has 0 spiro atoms. The second-order valence-corrected chi connectivity index (χ2v) is 6.55. The minimum absolute atomic E-state index is 0.0129. The molecular formula is C18H21NO4S. The molecule has 2 aromatic rings. The van der Waals surface area contributed by atoms with Gasteiger partial charge in [-0.25, -0.2) is 4.79 Å². The van der Waals surface area contributed by atoms with Gasteiger partial charge in [-0.05, 0) is 55.0 Å². The van der Waals surface area contributed by atoms with Crippen LogP contribution in [0.1, 0.15) is 45.7 Å². The number of carbonyl (C=O) groups excluding carboxylic acids is 1. The largest absolute Gasteiger partial charge is 0.481 e. The first-order valence-corrected chi connectivity index (χ1v) is 8.60. The van der Waals surface area contributed by atoms with Crippen LogP contribution >= 0.6 is 11.3 Å². The Morgan fingerprint density at radius 2 is 1.96 bits per heavy atom. The highest BCUT2D eigenvalue weighted by atomic mass is 32.1. The Morgan fingerprint density at radius 3 is 2.46 bits per heavy atom. The van der Waals surface area contributed by atoms with Crippen molar-refractivity contribution in [2.75, 3.05) is 6.61 Å². The van der Waals surface area contributed by atoms with Crippen LogP contribution in [0, 0.1) is 13.8 Å². The summed E-state index contributed by atoms with van der Waals surface area (Å²) in [6, 6.07) is 7.42. The lowest BCUT2D eigenvalue weighted by Gasteiger charge is -2.17. The van der Waals surface area contributed by atoms with Crippen LogP contribution in [0.5, 0.6) is 5.75 Å². The summed E-state index contributed by atoms with van der Waals surface area (Å²) in [5, 5.41) is 13.8. The minimum Gasteiger partial charge on any atom is -0.481 e. The molecule has 24 heavy (non-hydrogen) atoms. The monoisotopic (exact) mass is 347 g/mol. The third-order valence-corrected chi connectivity index (χ3v) is 4.65. The molecule has 0 aliphatic heterocycles. The third-order valence-electron chi connectivity index (χ3n) is 3.66. The van der Waals surface area contributed by atoms with E-state index >= 15 is 0 Å². The van der Waals surface area contributed by atoms with Crippen LogP contribution in [0.4, 0.5) is 0 Å². The highest BCUT2D eigenvalue weighted by Gasteiger charge is 2.17. The molecule has 0 radical (unpaired) electrons. The molecule has 0 saturated carbocycles. The van der Waals surface area contributed by atoms with Crippen molar-refractivity contribution >= 4 is 23.2 Å². The molecule has 0 fully saturated rings. The zero-order valence-corrected chi connectivity index (χ0v) is 14.8. The van der Waals surface area contributed by atoms with Gasteiger partial charge in [-0.3, -0.25) is 4.79 Å². The van der Waals surface area contributed by atoms with E-state index in [0.717, 1.165) is 22.4 Å². The summed E-state index contributed by atoms with van der Waals surface area (Å²) in [5.74, 6) is -0.664. The second-order valence-electron chi connectivity index (χ2n) is 5.57. The number of ether oxygens (including phenoxy) is 1. The number of carboxylic acids is 1. The molecule has 1 aromatic heterocycles. The molecule has 0 bridgehead atoms. The number of amides is 1. The molecule has 2 rings (SSSR count). The van der Waals surface area contributed by atoms with E-state index in [2.05, 4.69) is 5.32 Å². The van der Waals surface area contributed by atoms with Gasteiger partial charge in [0.05, 0.1) is 6.04 Å². The van der Waals surface area contributed by atoms with Gasteiger partial charge in [0.15, 0.2) is 6.61 Å². The molecule has 1 unspecified atom stereocenters. The first-order chi connectivity index (χ1) is 11.4. The van der Waals surface area contributed by atoms with Gasteiger partial charge in [-0.1, -0.05) is 13.0 Å². The van der Waals surface area contributed by atoms with Gasteiger partial charge < -0.3 is 15.2 Å². The quantitative estimate of drug-likeness (QED) is 0.800. The fourth-order valence-corrected chi connectivity index (χ4v) is 3.41.